The minimum atomic E-state index is 0.267. The Bertz CT molecular complexity index is 278. The van der Waals surface area contributed by atoms with Gasteiger partial charge in [-0.05, 0) is 6.42 Å². The van der Waals surface area contributed by atoms with Crippen molar-refractivity contribution in [1.29, 1.82) is 5.26 Å². The number of nitriles is 1. The van der Waals surface area contributed by atoms with Crippen LogP contribution in [0, 0.1) is 11.3 Å². The second-order valence-electron chi connectivity index (χ2n) is 3.01. The zero-order valence-electron chi connectivity index (χ0n) is 8.23. The Labute approximate surface area is 83.1 Å². The highest BCUT2D eigenvalue weighted by atomic mass is 16.5. The molecule has 0 aromatic carbocycles. The Morgan fingerprint density at radius 2 is 2.57 bits per heavy atom. The van der Waals surface area contributed by atoms with Gasteiger partial charge in [0.1, 0.15) is 0 Å². The van der Waals surface area contributed by atoms with E-state index in [2.05, 4.69) is 28.5 Å². The normalized spacial score (nSPS) is 12.3. The monoisotopic (exact) mass is 194 g/mol. The van der Waals surface area contributed by atoms with Crippen LogP contribution in [0.4, 0.5) is 0 Å². The molecule has 0 fully saturated rings. The first-order valence-electron chi connectivity index (χ1n) is 4.72. The first-order valence-corrected chi connectivity index (χ1v) is 4.72. The lowest BCUT2D eigenvalue weighted by atomic mass is 10.1. The predicted octanol–water partition coefficient (Wildman–Crippen LogP) is 0.894. The molecule has 1 aromatic rings. The highest BCUT2D eigenvalue weighted by Crippen LogP contribution is 1.97. The van der Waals surface area contributed by atoms with Crippen molar-refractivity contribution in [3.05, 3.63) is 12.2 Å². The fraction of sp³-hybridized carbons (Fsp3) is 0.667. The van der Waals surface area contributed by atoms with Crippen LogP contribution in [0.25, 0.3) is 0 Å². The van der Waals surface area contributed by atoms with Crippen molar-refractivity contribution in [2.45, 2.75) is 32.2 Å². The average Bonchev–Trinajstić information content (AvgIpc) is 2.69. The van der Waals surface area contributed by atoms with Crippen LogP contribution in [0.15, 0.2) is 10.9 Å². The molecular weight excluding hydrogens is 180 g/mol. The van der Waals surface area contributed by atoms with Crippen LogP contribution in [0.3, 0.4) is 0 Å². The van der Waals surface area contributed by atoms with Gasteiger partial charge in [0.25, 0.3) is 0 Å². The average molecular weight is 194 g/mol. The summed E-state index contributed by atoms with van der Waals surface area (Å²) in [6.07, 6.45) is 3.60. The minimum absolute atomic E-state index is 0.267. The predicted molar refractivity (Wildman–Crippen MR) is 50.3 cm³/mol. The van der Waals surface area contributed by atoms with Gasteiger partial charge in [-0.3, -0.25) is 0 Å². The summed E-state index contributed by atoms with van der Waals surface area (Å²) in [4.78, 5) is 3.90. The first kappa shape index (κ1) is 10.7. The second kappa shape index (κ2) is 6.11. The lowest BCUT2D eigenvalue weighted by molar-refractivity contribution is 0.370. The molecule has 0 spiro atoms. The van der Waals surface area contributed by atoms with E-state index in [4.69, 9.17) is 9.78 Å². The maximum absolute atomic E-state index is 8.52. The van der Waals surface area contributed by atoms with E-state index in [1.54, 1.807) is 0 Å². The van der Waals surface area contributed by atoms with Gasteiger partial charge in [-0.15, -0.1) is 0 Å². The van der Waals surface area contributed by atoms with Crippen LogP contribution in [-0.4, -0.2) is 22.7 Å². The van der Waals surface area contributed by atoms with E-state index < -0.39 is 0 Å². The first-order chi connectivity index (χ1) is 6.86. The van der Waals surface area contributed by atoms with Crippen LogP contribution >= 0.6 is 0 Å². The van der Waals surface area contributed by atoms with Gasteiger partial charge in [-0.25, -0.2) is 0 Å². The summed E-state index contributed by atoms with van der Waals surface area (Å²) in [5, 5.41) is 15.3. The Hall–Kier alpha value is -1.41. The summed E-state index contributed by atoms with van der Waals surface area (Å²) in [5.74, 6) is 0.629. The smallest absolute Gasteiger partial charge is 0.227 e. The van der Waals surface area contributed by atoms with Crippen LogP contribution in [0.5, 0.6) is 0 Å². The number of hydrogen-bond acceptors (Lipinski definition) is 5. The van der Waals surface area contributed by atoms with Crippen LogP contribution in [0.1, 0.15) is 25.7 Å². The standard InChI is InChI=1S/C9H14N4O/c1-2-8(3-5-10)11-6-4-9-12-7-13-14-9/h7-8,11H,2-4,6H2,1H3. The molecule has 0 aliphatic heterocycles. The van der Waals surface area contributed by atoms with Crippen LogP contribution in [-0.2, 0) is 6.42 Å². The maximum Gasteiger partial charge on any atom is 0.227 e. The van der Waals surface area contributed by atoms with Gasteiger partial charge in [0, 0.05) is 19.0 Å². The van der Waals surface area contributed by atoms with E-state index in [1.807, 2.05) is 0 Å². The number of hydrogen-bond donors (Lipinski definition) is 1. The molecule has 0 saturated carbocycles. The SMILES string of the molecule is CCC(CC#N)NCCc1ncno1. The second-order valence-corrected chi connectivity index (χ2v) is 3.01. The molecule has 0 amide bonds. The zero-order chi connectivity index (χ0) is 10.2. The number of nitrogens with one attached hydrogen (secondary N) is 1. The van der Waals surface area contributed by atoms with Gasteiger partial charge in [0.2, 0.25) is 5.89 Å². The molecule has 5 nitrogen and oxygen atoms in total. The molecule has 0 bridgehead atoms. The van der Waals surface area contributed by atoms with E-state index >= 15 is 0 Å². The summed E-state index contributed by atoms with van der Waals surface area (Å²) >= 11 is 0. The maximum atomic E-state index is 8.52. The van der Waals surface area contributed by atoms with Crippen molar-refractivity contribution < 1.29 is 4.52 Å². The van der Waals surface area contributed by atoms with Gasteiger partial charge in [0.05, 0.1) is 12.5 Å². The molecule has 0 radical (unpaired) electrons. The summed E-state index contributed by atoms with van der Waals surface area (Å²) in [6, 6.07) is 2.42. The number of aromatic nitrogens is 2. The van der Waals surface area contributed by atoms with E-state index in [-0.39, 0.29) is 6.04 Å². The molecule has 1 atom stereocenters. The molecule has 1 heterocycles. The third kappa shape index (κ3) is 3.54. The zero-order valence-corrected chi connectivity index (χ0v) is 8.23. The van der Waals surface area contributed by atoms with E-state index in [9.17, 15) is 0 Å². The quantitative estimate of drug-likeness (QED) is 0.728. The molecule has 1 aromatic heterocycles. The third-order valence-corrected chi connectivity index (χ3v) is 2.01. The molecule has 1 unspecified atom stereocenters. The largest absolute Gasteiger partial charge is 0.340 e. The molecule has 1 N–H and O–H groups in total. The van der Waals surface area contributed by atoms with Crippen molar-refractivity contribution in [2.75, 3.05) is 6.54 Å². The van der Waals surface area contributed by atoms with E-state index in [1.165, 1.54) is 6.33 Å². The molecule has 0 aliphatic rings. The molecule has 1 rings (SSSR count). The van der Waals surface area contributed by atoms with Crippen molar-refractivity contribution in [3.63, 3.8) is 0 Å². The third-order valence-electron chi connectivity index (χ3n) is 2.01. The molecular formula is C9H14N4O. The Morgan fingerprint density at radius 3 is 3.14 bits per heavy atom. The summed E-state index contributed by atoms with van der Waals surface area (Å²) in [6.45, 7) is 2.82. The molecule has 0 saturated heterocycles. The minimum Gasteiger partial charge on any atom is -0.340 e. The lowest BCUT2D eigenvalue weighted by Gasteiger charge is -2.11. The molecule has 0 aliphatic carbocycles. The topological polar surface area (TPSA) is 74.7 Å². The van der Waals surface area contributed by atoms with Crippen molar-refractivity contribution in [3.8, 4) is 6.07 Å². The fourth-order valence-corrected chi connectivity index (χ4v) is 1.16. The summed E-state index contributed by atoms with van der Waals surface area (Å²) in [5.41, 5.74) is 0. The van der Waals surface area contributed by atoms with Crippen LogP contribution in [0.2, 0.25) is 0 Å². The van der Waals surface area contributed by atoms with E-state index in [0.717, 1.165) is 13.0 Å². The van der Waals surface area contributed by atoms with Gasteiger partial charge in [-0.2, -0.15) is 10.2 Å². The number of rotatable bonds is 6. The van der Waals surface area contributed by atoms with Crippen molar-refractivity contribution in [2.24, 2.45) is 0 Å². The van der Waals surface area contributed by atoms with Gasteiger partial charge in [-0.1, -0.05) is 12.1 Å². The molecule has 5 heteroatoms. The van der Waals surface area contributed by atoms with Crippen molar-refractivity contribution >= 4 is 0 Å². The van der Waals surface area contributed by atoms with Crippen molar-refractivity contribution in [1.82, 2.24) is 15.5 Å². The summed E-state index contributed by atoms with van der Waals surface area (Å²) in [7, 11) is 0. The Morgan fingerprint density at radius 1 is 1.71 bits per heavy atom. The van der Waals surface area contributed by atoms with Gasteiger partial charge in [0.15, 0.2) is 6.33 Å². The van der Waals surface area contributed by atoms with Gasteiger partial charge < -0.3 is 9.84 Å². The number of nitrogens with zero attached hydrogens (tertiary/aromatic N) is 3. The lowest BCUT2D eigenvalue weighted by Crippen LogP contribution is -2.29. The van der Waals surface area contributed by atoms with Gasteiger partial charge >= 0.3 is 0 Å². The van der Waals surface area contributed by atoms with Crippen LogP contribution < -0.4 is 5.32 Å². The Kier molecular flexibility index (Phi) is 4.65. The highest BCUT2D eigenvalue weighted by Gasteiger charge is 2.05. The molecule has 76 valence electrons. The summed E-state index contributed by atoms with van der Waals surface area (Å²) < 4.78 is 4.84. The fourth-order valence-electron chi connectivity index (χ4n) is 1.16. The Balaban J connectivity index is 2.17. The molecule has 14 heavy (non-hydrogen) atoms. The van der Waals surface area contributed by atoms with E-state index in [0.29, 0.717) is 18.7 Å². The highest BCUT2D eigenvalue weighted by molar-refractivity contribution is 4.81.